The summed E-state index contributed by atoms with van der Waals surface area (Å²) in [7, 11) is 2.03. The van der Waals surface area contributed by atoms with Crippen molar-refractivity contribution in [2.45, 2.75) is 57.7 Å². The Balaban J connectivity index is 1.39. The molecule has 3 rings (SSSR count). The molecular weight excluding hydrogens is 304 g/mol. The molecule has 3 amide bonds. The van der Waals surface area contributed by atoms with Crippen LogP contribution in [0.25, 0.3) is 0 Å². The molecule has 2 aliphatic rings. The average molecular weight is 332 g/mol. The molecule has 2 N–H and O–H groups in total. The van der Waals surface area contributed by atoms with Crippen LogP contribution in [-0.4, -0.2) is 46.1 Å². The number of amides is 3. The number of carbonyl (C=O) groups is 2. The van der Waals surface area contributed by atoms with E-state index in [0.717, 1.165) is 19.3 Å². The molecule has 4 atom stereocenters. The summed E-state index contributed by atoms with van der Waals surface area (Å²) >= 11 is 0. The largest absolute Gasteiger partial charge is 0.354 e. The Morgan fingerprint density at radius 3 is 2.83 bits per heavy atom. The lowest BCUT2D eigenvalue weighted by Gasteiger charge is -2.19. The van der Waals surface area contributed by atoms with Crippen LogP contribution in [0.15, 0.2) is 18.3 Å². The Labute approximate surface area is 143 Å². The summed E-state index contributed by atoms with van der Waals surface area (Å²) in [4.78, 5) is 26.1. The van der Waals surface area contributed by atoms with Gasteiger partial charge in [-0.05, 0) is 44.2 Å². The summed E-state index contributed by atoms with van der Waals surface area (Å²) in [5, 5.41) is 5.94. The summed E-state index contributed by atoms with van der Waals surface area (Å²) < 4.78 is 2.10. The fraction of sp³-hybridized carbons (Fsp3) is 0.667. The van der Waals surface area contributed by atoms with Crippen LogP contribution < -0.4 is 10.6 Å². The summed E-state index contributed by atoms with van der Waals surface area (Å²) in [5.41, 5.74) is 1.26. The first-order valence-corrected chi connectivity index (χ1v) is 8.90. The number of nitrogens with one attached hydrogen (secondary N) is 2. The number of hydrogen-bond acceptors (Lipinski definition) is 2. The molecule has 1 aliphatic carbocycles. The highest BCUT2D eigenvalue weighted by molar-refractivity contribution is 5.82. The van der Waals surface area contributed by atoms with Crippen molar-refractivity contribution in [1.29, 1.82) is 0 Å². The SMILES string of the molecule is C[C@H](CCc1cccn1C)NC(=O)N[C@@H]1CC(=O)N([C@@H]2C[C@@H]2C)C1. The summed E-state index contributed by atoms with van der Waals surface area (Å²) in [6.45, 7) is 4.83. The highest BCUT2D eigenvalue weighted by atomic mass is 16.2. The van der Waals surface area contributed by atoms with Gasteiger partial charge in [0, 0.05) is 44.0 Å². The fourth-order valence-electron chi connectivity index (χ4n) is 3.53. The van der Waals surface area contributed by atoms with Gasteiger partial charge in [-0.2, -0.15) is 0 Å². The van der Waals surface area contributed by atoms with Gasteiger partial charge in [0.1, 0.15) is 0 Å². The molecule has 1 saturated carbocycles. The number of nitrogens with zero attached hydrogens (tertiary/aromatic N) is 2. The Hall–Kier alpha value is -1.98. The topological polar surface area (TPSA) is 66.4 Å². The van der Waals surface area contributed by atoms with Gasteiger partial charge in [0.25, 0.3) is 0 Å². The predicted octanol–water partition coefficient (Wildman–Crippen LogP) is 1.65. The van der Waals surface area contributed by atoms with Crippen molar-refractivity contribution in [2.75, 3.05) is 6.54 Å². The molecule has 1 aliphatic heterocycles. The molecule has 2 heterocycles. The minimum absolute atomic E-state index is 0.0645. The van der Waals surface area contributed by atoms with E-state index in [4.69, 9.17) is 0 Å². The van der Waals surface area contributed by atoms with Crippen molar-refractivity contribution in [2.24, 2.45) is 13.0 Å². The standard InChI is InChI=1S/C18H28N4O2/c1-12-9-16(12)22-11-14(10-17(22)23)20-18(24)19-13(2)6-7-15-5-4-8-21(15)3/h4-5,8,12-14,16H,6-7,9-11H2,1-3H3,(H2,19,20,24)/t12-,13+,14+,16+/m0/s1. The van der Waals surface area contributed by atoms with Gasteiger partial charge in [-0.3, -0.25) is 4.79 Å². The minimum atomic E-state index is -0.169. The quantitative estimate of drug-likeness (QED) is 0.832. The van der Waals surface area contributed by atoms with E-state index in [-0.39, 0.29) is 24.0 Å². The van der Waals surface area contributed by atoms with Gasteiger partial charge in [-0.1, -0.05) is 6.92 Å². The van der Waals surface area contributed by atoms with Gasteiger partial charge >= 0.3 is 6.03 Å². The van der Waals surface area contributed by atoms with E-state index in [0.29, 0.717) is 24.9 Å². The van der Waals surface area contributed by atoms with Crippen molar-refractivity contribution >= 4 is 11.9 Å². The normalized spacial score (nSPS) is 27.2. The average Bonchev–Trinajstić information content (AvgIpc) is 2.90. The molecule has 2 fully saturated rings. The first-order valence-electron chi connectivity index (χ1n) is 8.90. The predicted molar refractivity (Wildman–Crippen MR) is 92.6 cm³/mol. The molecule has 1 aromatic heterocycles. The molecule has 0 aromatic carbocycles. The van der Waals surface area contributed by atoms with Crippen molar-refractivity contribution in [3.05, 3.63) is 24.0 Å². The van der Waals surface area contributed by atoms with Crippen molar-refractivity contribution in [1.82, 2.24) is 20.1 Å². The van der Waals surface area contributed by atoms with Crippen LogP contribution in [0.2, 0.25) is 0 Å². The van der Waals surface area contributed by atoms with Crippen LogP contribution in [0.5, 0.6) is 0 Å². The minimum Gasteiger partial charge on any atom is -0.354 e. The zero-order valence-electron chi connectivity index (χ0n) is 14.8. The Morgan fingerprint density at radius 2 is 2.21 bits per heavy atom. The molecule has 1 aromatic rings. The maximum Gasteiger partial charge on any atom is 0.315 e. The highest BCUT2D eigenvalue weighted by Gasteiger charge is 2.44. The smallest absolute Gasteiger partial charge is 0.315 e. The maximum absolute atomic E-state index is 12.1. The number of carbonyl (C=O) groups excluding carboxylic acids is 2. The lowest BCUT2D eigenvalue weighted by molar-refractivity contribution is -0.128. The van der Waals surface area contributed by atoms with Crippen molar-refractivity contribution in [3.8, 4) is 0 Å². The van der Waals surface area contributed by atoms with E-state index in [1.54, 1.807) is 0 Å². The molecule has 1 saturated heterocycles. The third-order valence-electron chi connectivity index (χ3n) is 5.22. The first kappa shape index (κ1) is 16.9. The first-order chi connectivity index (χ1) is 11.4. The molecule has 0 radical (unpaired) electrons. The van der Waals surface area contributed by atoms with Crippen LogP contribution in [0.1, 0.15) is 38.8 Å². The monoisotopic (exact) mass is 332 g/mol. The second-order valence-electron chi connectivity index (χ2n) is 7.40. The molecule has 0 unspecified atom stereocenters. The molecule has 24 heavy (non-hydrogen) atoms. The number of rotatable bonds is 6. The van der Waals surface area contributed by atoms with Gasteiger partial charge in [0.2, 0.25) is 5.91 Å². The van der Waals surface area contributed by atoms with Gasteiger partial charge < -0.3 is 20.1 Å². The van der Waals surface area contributed by atoms with Crippen molar-refractivity contribution in [3.63, 3.8) is 0 Å². The highest BCUT2D eigenvalue weighted by Crippen LogP contribution is 2.37. The number of urea groups is 1. The van der Waals surface area contributed by atoms with E-state index >= 15 is 0 Å². The number of aromatic nitrogens is 1. The van der Waals surface area contributed by atoms with Crippen LogP contribution in [0.3, 0.4) is 0 Å². The maximum atomic E-state index is 12.1. The van der Waals surface area contributed by atoms with Crippen LogP contribution in [0, 0.1) is 5.92 Å². The second-order valence-corrected chi connectivity index (χ2v) is 7.40. The van der Waals surface area contributed by atoms with E-state index < -0.39 is 0 Å². The Kier molecular flexibility index (Phi) is 4.83. The molecule has 6 heteroatoms. The van der Waals surface area contributed by atoms with Gasteiger partial charge in [-0.25, -0.2) is 4.79 Å². The van der Waals surface area contributed by atoms with Gasteiger partial charge in [0.05, 0.1) is 6.04 Å². The third kappa shape index (κ3) is 3.91. The Bertz CT molecular complexity index is 612. The van der Waals surface area contributed by atoms with Crippen LogP contribution >= 0.6 is 0 Å². The molecule has 0 spiro atoms. The zero-order valence-corrected chi connectivity index (χ0v) is 14.8. The molecular formula is C18H28N4O2. The Morgan fingerprint density at radius 1 is 1.46 bits per heavy atom. The van der Waals surface area contributed by atoms with E-state index in [9.17, 15) is 9.59 Å². The van der Waals surface area contributed by atoms with Crippen molar-refractivity contribution < 1.29 is 9.59 Å². The van der Waals surface area contributed by atoms with Gasteiger partial charge in [0.15, 0.2) is 0 Å². The summed E-state index contributed by atoms with van der Waals surface area (Å²) in [6, 6.07) is 4.39. The summed E-state index contributed by atoms with van der Waals surface area (Å²) in [5.74, 6) is 0.783. The molecule has 6 nitrogen and oxygen atoms in total. The van der Waals surface area contributed by atoms with Crippen LogP contribution in [-0.2, 0) is 18.3 Å². The van der Waals surface area contributed by atoms with E-state index in [1.807, 2.05) is 31.1 Å². The van der Waals surface area contributed by atoms with Crippen LogP contribution in [0.4, 0.5) is 4.79 Å². The van der Waals surface area contributed by atoms with Gasteiger partial charge in [-0.15, -0.1) is 0 Å². The second kappa shape index (κ2) is 6.87. The molecule has 0 bridgehead atoms. The number of hydrogen-bond donors (Lipinski definition) is 2. The number of likely N-dealkylation sites (tertiary alicyclic amines) is 1. The third-order valence-corrected chi connectivity index (χ3v) is 5.22. The van der Waals surface area contributed by atoms with E-state index in [2.05, 4.69) is 28.2 Å². The lowest BCUT2D eigenvalue weighted by Crippen LogP contribution is -2.46. The lowest BCUT2D eigenvalue weighted by atomic mass is 10.1. The van der Waals surface area contributed by atoms with E-state index in [1.165, 1.54) is 5.69 Å². The fourth-order valence-corrected chi connectivity index (χ4v) is 3.53. The number of aryl methyl sites for hydroxylation is 2. The zero-order chi connectivity index (χ0) is 17.3. The molecule has 132 valence electrons. The summed E-state index contributed by atoms with van der Waals surface area (Å²) in [6.07, 6.45) is 5.37.